The lowest BCUT2D eigenvalue weighted by molar-refractivity contribution is 0.413. The van der Waals surface area contributed by atoms with Crippen molar-refractivity contribution in [3.63, 3.8) is 0 Å². The first-order valence-electron chi connectivity index (χ1n) is 6.49. The summed E-state index contributed by atoms with van der Waals surface area (Å²) in [5.41, 5.74) is 2.13. The van der Waals surface area contributed by atoms with E-state index in [9.17, 15) is 0 Å². The van der Waals surface area contributed by atoms with Crippen molar-refractivity contribution in [3.05, 3.63) is 62.0 Å². The minimum Gasteiger partial charge on any atom is -0.497 e. The molecule has 112 valence electrons. The van der Waals surface area contributed by atoms with Crippen LogP contribution in [0.3, 0.4) is 0 Å². The fourth-order valence-corrected chi connectivity index (χ4v) is 3.12. The molecule has 0 radical (unpaired) electrons. The maximum Gasteiger partial charge on any atom is 0.119 e. The summed E-state index contributed by atoms with van der Waals surface area (Å²) in [4.78, 5) is 0. The summed E-state index contributed by atoms with van der Waals surface area (Å²) in [6.45, 7) is 0. The molecule has 2 aromatic carbocycles. The van der Waals surface area contributed by atoms with E-state index < -0.39 is 0 Å². The third-order valence-corrected chi connectivity index (χ3v) is 4.68. The molecule has 0 amide bonds. The number of rotatable bonds is 5. The SMILES string of the molecule is CNC(Cc1cc(Cl)ccc1Cl)c1cc(OC)ccc1Br. The Labute approximate surface area is 143 Å². The summed E-state index contributed by atoms with van der Waals surface area (Å²) < 4.78 is 6.33. The highest BCUT2D eigenvalue weighted by atomic mass is 79.9. The number of benzene rings is 2. The molecule has 1 atom stereocenters. The molecule has 0 heterocycles. The van der Waals surface area contributed by atoms with Crippen molar-refractivity contribution in [2.75, 3.05) is 14.2 Å². The Morgan fingerprint density at radius 2 is 1.95 bits per heavy atom. The van der Waals surface area contributed by atoms with E-state index >= 15 is 0 Å². The largest absolute Gasteiger partial charge is 0.497 e. The molecule has 0 spiro atoms. The van der Waals surface area contributed by atoms with Crippen molar-refractivity contribution < 1.29 is 4.74 Å². The first kappa shape index (κ1) is 16.6. The first-order valence-corrected chi connectivity index (χ1v) is 8.04. The molecule has 0 aliphatic carbocycles. The molecule has 0 bridgehead atoms. The molecule has 0 saturated heterocycles. The van der Waals surface area contributed by atoms with Crippen LogP contribution in [-0.4, -0.2) is 14.2 Å². The van der Waals surface area contributed by atoms with E-state index in [0.29, 0.717) is 5.02 Å². The standard InChI is InChI=1S/C16H16BrCl2NO/c1-20-16(8-10-7-11(18)3-6-15(10)19)13-9-12(21-2)4-5-14(13)17/h3-7,9,16,20H,8H2,1-2H3. The van der Waals surface area contributed by atoms with Gasteiger partial charge in [-0.3, -0.25) is 0 Å². The number of likely N-dealkylation sites (N-methyl/N-ethyl adjacent to an activating group) is 1. The Morgan fingerprint density at radius 3 is 2.62 bits per heavy atom. The Balaban J connectivity index is 2.34. The van der Waals surface area contributed by atoms with E-state index in [2.05, 4.69) is 21.2 Å². The van der Waals surface area contributed by atoms with Crippen LogP contribution in [0.1, 0.15) is 17.2 Å². The van der Waals surface area contributed by atoms with Crippen molar-refractivity contribution in [2.24, 2.45) is 0 Å². The van der Waals surface area contributed by atoms with Gasteiger partial charge in [0.1, 0.15) is 5.75 Å². The van der Waals surface area contributed by atoms with E-state index in [-0.39, 0.29) is 6.04 Å². The van der Waals surface area contributed by atoms with Gasteiger partial charge in [0.2, 0.25) is 0 Å². The number of halogens is 3. The van der Waals surface area contributed by atoms with Crippen LogP contribution in [0.15, 0.2) is 40.9 Å². The zero-order valence-electron chi connectivity index (χ0n) is 11.8. The van der Waals surface area contributed by atoms with Gasteiger partial charge in [0.15, 0.2) is 0 Å². The van der Waals surface area contributed by atoms with Crippen LogP contribution < -0.4 is 10.1 Å². The third kappa shape index (κ3) is 4.13. The summed E-state index contributed by atoms with van der Waals surface area (Å²) in [7, 11) is 3.59. The first-order chi connectivity index (χ1) is 10.0. The van der Waals surface area contributed by atoms with Gasteiger partial charge in [-0.15, -0.1) is 0 Å². The highest BCUT2D eigenvalue weighted by molar-refractivity contribution is 9.10. The Hall–Kier alpha value is -0.740. The molecule has 2 rings (SSSR count). The number of hydrogen-bond acceptors (Lipinski definition) is 2. The van der Waals surface area contributed by atoms with Gasteiger partial charge < -0.3 is 10.1 Å². The van der Waals surface area contributed by atoms with E-state index in [4.69, 9.17) is 27.9 Å². The van der Waals surface area contributed by atoms with Gasteiger partial charge in [0.05, 0.1) is 7.11 Å². The lowest BCUT2D eigenvalue weighted by atomic mass is 9.98. The molecular weight excluding hydrogens is 373 g/mol. The number of methoxy groups -OCH3 is 1. The van der Waals surface area contributed by atoms with Gasteiger partial charge >= 0.3 is 0 Å². The second kappa shape index (κ2) is 7.50. The average molecular weight is 389 g/mol. The molecule has 21 heavy (non-hydrogen) atoms. The lowest BCUT2D eigenvalue weighted by Crippen LogP contribution is -2.19. The summed E-state index contributed by atoms with van der Waals surface area (Å²) in [5.74, 6) is 0.825. The van der Waals surface area contributed by atoms with Gasteiger partial charge in [-0.1, -0.05) is 39.1 Å². The minimum atomic E-state index is 0.102. The average Bonchev–Trinajstić information content (AvgIpc) is 2.49. The minimum absolute atomic E-state index is 0.102. The van der Waals surface area contributed by atoms with E-state index in [1.807, 2.05) is 37.4 Å². The number of nitrogens with one attached hydrogen (secondary N) is 1. The second-order valence-corrected chi connectivity index (χ2v) is 6.37. The van der Waals surface area contributed by atoms with Crippen LogP contribution >= 0.6 is 39.1 Å². The van der Waals surface area contributed by atoms with E-state index in [0.717, 1.165) is 32.8 Å². The van der Waals surface area contributed by atoms with Crippen LogP contribution in [0.2, 0.25) is 10.0 Å². The third-order valence-electron chi connectivity index (χ3n) is 3.36. The fourth-order valence-electron chi connectivity index (χ4n) is 2.20. The van der Waals surface area contributed by atoms with Crippen molar-refractivity contribution in [1.82, 2.24) is 5.32 Å². The maximum atomic E-state index is 6.26. The van der Waals surface area contributed by atoms with Crippen LogP contribution in [0.25, 0.3) is 0 Å². The van der Waals surface area contributed by atoms with Crippen LogP contribution in [-0.2, 0) is 6.42 Å². The normalized spacial score (nSPS) is 12.2. The monoisotopic (exact) mass is 387 g/mol. The van der Waals surface area contributed by atoms with Gasteiger partial charge in [-0.05, 0) is 61.0 Å². The van der Waals surface area contributed by atoms with Crippen LogP contribution in [0.4, 0.5) is 0 Å². The van der Waals surface area contributed by atoms with Crippen molar-refractivity contribution in [3.8, 4) is 5.75 Å². The van der Waals surface area contributed by atoms with E-state index in [1.165, 1.54) is 0 Å². The maximum absolute atomic E-state index is 6.26. The molecule has 2 aromatic rings. The second-order valence-electron chi connectivity index (χ2n) is 4.67. The molecule has 0 fully saturated rings. The number of hydrogen-bond donors (Lipinski definition) is 1. The Kier molecular flexibility index (Phi) is 5.94. The summed E-state index contributed by atoms with van der Waals surface area (Å²) >= 11 is 15.9. The molecule has 0 aliphatic rings. The van der Waals surface area contributed by atoms with Gasteiger partial charge in [-0.25, -0.2) is 0 Å². The molecule has 1 unspecified atom stereocenters. The molecule has 0 aromatic heterocycles. The van der Waals surface area contributed by atoms with Gasteiger partial charge in [-0.2, -0.15) is 0 Å². The van der Waals surface area contributed by atoms with Crippen molar-refractivity contribution >= 4 is 39.1 Å². The van der Waals surface area contributed by atoms with Crippen LogP contribution in [0.5, 0.6) is 5.75 Å². The predicted molar refractivity (Wildman–Crippen MR) is 92.7 cm³/mol. The fraction of sp³-hybridized carbons (Fsp3) is 0.250. The van der Waals surface area contributed by atoms with Gasteiger partial charge in [0, 0.05) is 20.6 Å². The summed E-state index contributed by atoms with van der Waals surface area (Å²) in [6.07, 6.45) is 0.738. The molecule has 2 nitrogen and oxygen atoms in total. The predicted octanol–water partition coefficient (Wildman–Crippen LogP) is 5.27. The Morgan fingerprint density at radius 1 is 1.19 bits per heavy atom. The number of ether oxygens (including phenoxy) is 1. The van der Waals surface area contributed by atoms with Crippen molar-refractivity contribution in [1.29, 1.82) is 0 Å². The zero-order valence-corrected chi connectivity index (χ0v) is 14.9. The molecule has 0 aliphatic heterocycles. The lowest BCUT2D eigenvalue weighted by Gasteiger charge is -2.20. The molecule has 1 N–H and O–H groups in total. The topological polar surface area (TPSA) is 21.3 Å². The quantitative estimate of drug-likeness (QED) is 0.753. The highest BCUT2D eigenvalue weighted by Crippen LogP contribution is 2.32. The highest BCUT2D eigenvalue weighted by Gasteiger charge is 2.16. The van der Waals surface area contributed by atoms with E-state index in [1.54, 1.807) is 13.2 Å². The molecule has 0 saturated carbocycles. The summed E-state index contributed by atoms with van der Waals surface area (Å²) in [6, 6.07) is 11.6. The van der Waals surface area contributed by atoms with Gasteiger partial charge in [0.25, 0.3) is 0 Å². The zero-order chi connectivity index (χ0) is 15.4. The van der Waals surface area contributed by atoms with Crippen LogP contribution in [0, 0.1) is 0 Å². The smallest absolute Gasteiger partial charge is 0.119 e. The summed E-state index contributed by atoms with van der Waals surface area (Å²) in [5, 5.41) is 4.73. The molecule has 5 heteroatoms. The van der Waals surface area contributed by atoms with Crippen molar-refractivity contribution in [2.45, 2.75) is 12.5 Å². The Bertz CT molecular complexity index is 634. The molecular formula is C16H16BrCl2NO.